The average Bonchev–Trinajstić information content (AvgIpc) is 3.05. The highest BCUT2D eigenvalue weighted by Crippen LogP contribution is 2.25. The van der Waals surface area contributed by atoms with E-state index in [9.17, 15) is 9.90 Å². The van der Waals surface area contributed by atoms with E-state index < -0.39 is 0 Å². The zero-order valence-corrected chi connectivity index (χ0v) is 12.0. The fraction of sp³-hybridized carbons (Fsp3) is 0.412. The normalized spacial score (nSPS) is 15.5. The molecule has 1 aliphatic rings. The summed E-state index contributed by atoms with van der Waals surface area (Å²) in [5.74, 6) is 0.0155. The van der Waals surface area contributed by atoms with E-state index in [1.165, 1.54) is 12.8 Å². The molecule has 1 fully saturated rings. The van der Waals surface area contributed by atoms with Gasteiger partial charge >= 0.3 is 0 Å². The lowest BCUT2D eigenvalue weighted by atomic mass is 10.1. The molecule has 0 spiro atoms. The van der Waals surface area contributed by atoms with E-state index in [0.717, 1.165) is 23.7 Å². The topological polar surface area (TPSA) is 53.4 Å². The van der Waals surface area contributed by atoms with Crippen LogP contribution in [-0.4, -0.2) is 40.1 Å². The molecule has 110 valence electrons. The molecule has 1 aromatic heterocycles. The monoisotopic (exact) mass is 284 g/mol. The van der Waals surface area contributed by atoms with Gasteiger partial charge in [-0.3, -0.25) is 9.78 Å². The van der Waals surface area contributed by atoms with E-state index in [2.05, 4.69) is 4.98 Å². The lowest BCUT2D eigenvalue weighted by Gasteiger charge is -2.28. The number of aliphatic hydroxyl groups is 1. The Labute approximate surface area is 124 Å². The smallest absolute Gasteiger partial charge is 0.254 e. The van der Waals surface area contributed by atoms with E-state index in [0.29, 0.717) is 12.1 Å². The second kappa shape index (κ2) is 6.22. The summed E-state index contributed by atoms with van der Waals surface area (Å²) in [5, 5.41) is 10.2. The van der Waals surface area contributed by atoms with Crippen molar-refractivity contribution in [3.8, 4) is 0 Å². The van der Waals surface area contributed by atoms with Crippen molar-refractivity contribution in [3.63, 3.8) is 0 Å². The average molecular weight is 284 g/mol. The van der Waals surface area contributed by atoms with Crippen molar-refractivity contribution >= 4 is 16.8 Å². The molecular weight excluding hydrogens is 264 g/mol. The van der Waals surface area contributed by atoms with Gasteiger partial charge in [0.05, 0.1) is 12.1 Å². The zero-order valence-electron chi connectivity index (χ0n) is 12.0. The van der Waals surface area contributed by atoms with Crippen LogP contribution in [-0.2, 0) is 0 Å². The highest BCUT2D eigenvalue weighted by molar-refractivity contribution is 5.98. The van der Waals surface area contributed by atoms with Gasteiger partial charge in [0.2, 0.25) is 0 Å². The third-order valence-electron chi connectivity index (χ3n) is 4.22. The first-order chi connectivity index (χ1) is 10.3. The van der Waals surface area contributed by atoms with Gasteiger partial charge in [-0.2, -0.15) is 0 Å². The van der Waals surface area contributed by atoms with Crippen LogP contribution in [0.1, 0.15) is 36.0 Å². The third kappa shape index (κ3) is 2.90. The molecule has 21 heavy (non-hydrogen) atoms. The van der Waals surface area contributed by atoms with Crippen LogP contribution < -0.4 is 0 Å². The molecule has 4 heteroatoms. The van der Waals surface area contributed by atoms with Crippen LogP contribution >= 0.6 is 0 Å². The lowest BCUT2D eigenvalue weighted by molar-refractivity contribution is 0.0638. The highest BCUT2D eigenvalue weighted by atomic mass is 16.3. The molecule has 1 N–H and O–H groups in total. The van der Waals surface area contributed by atoms with Crippen molar-refractivity contribution in [3.05, 3.63) is 42.1 Å². The summed E-state index contributed by atoms with van der Waals surface area (Å²) in [4.78, 5) is 18.9. The minimum absolute atomic E-state index is 0.0113. The Hall–Kier alpha value is -1.94. The van der Waals surface area contributed by atoms with Crippen LogP contribution in [0.2, 0.25) is 0 Å². The van der Waals surface area contributed by atoms with Gasteiger partial charge in [-0.05, 0) is 37.1 Å². The molecule has 1 saturated carbocycles. The Morgan fingerprint density at radius 1 is 1.29 bits per heavy atom. The third-order valence-corrected chi connectivity index (χ3v) is 4.22. The molecule has 0 atom stereocenters. The molecule has 0 radical (unpaired) electrons. The first kappa shape index (κ1) is 14.0. The quantitative estimate of drug-likeness (QED) is 0.939. The second-order valence-corrected chi connectivity index (χ2v) is 5.57. The fourth-order valence-corrected chi connectivity index (χ4v) is 3.15. The van der Waals surface area contributed by atoms with Crippen molar-refractivity contribution < 1.29 is 9.90 Å². The van der Waals surface area contributed by atoms with Crippen molar-refractivity contribution in [1.29, 1.82) is 0 Å². The number of carbonyl (C=O) groups is 1. The summed E-state index contributed by atoms with van der Waals surface area (Å²) in [7, 11) is 0. The van der Waals surface area contributed by atoms with Gasteiger partial charge in [-0.15, -0.1) is 0 Å². The molecule has 0 bridgehead atoms. The Balaban J connectivity index is 1.89. The first-order valence-corrected chi connectivity index (χ1v) is 7.56. The van der Waals surface area contributed by atoms with Crippen LogP contribution in [0, 0.1) is 0 Å². The summed E-state index contributed by atoms with van der Waals surface area (Å²) in [6.07, 6.45) is 6.17. The molecule has 0 unspecified atom stereocenters. The van der Waals surface area contributed by atoms with Crippen LogP contribution in [0.5, 0.6) is 0 Å². The maximum Gasteiger partial charge on any atom is 0.254 e. The number of aromatic nitrogens is 1. The molecule has 4 nitrogen and oxygen atoms in total. The lowest BCUT2D eigenvalue weighted by Crippen LogP contribution is -2.40. The predicted molar refractivity (Wildman–Crippen MR) is 82.1 cm³/mol. The number of carbonyl (C=O) groups excluding carboxylic acids is 1. The summed E-state index contributed by atoms with van der Waals surface area (Å²) in [6.45, 7) is 0.423. The van der Waals surface area contributed by atoms with E-state index in [-0.39, 0.29) is 18.6 Å². The number of benzene rings is 1. The van der Waals surface area contributed by atoms with Crippen LogP contribution in [0.3, 0.4) is 0 Å². The van der Waals surface area contributed by atoms with E-state index in [1.54, 1.807) is 6.20 Å². The van der Waals surface area contributed by atoms with Crippen molar-refractivity contribution in [2.75, 3.05) is 13.2 Å². The van der Waals surface area contributed by atoms with E-state index >= 15 is 0 Å². The van der Waals surface area contributed by atoms with Crippen molar-refractivity contribution in [2.24, 2.45) is 0 Å². The first-order valence-electron chi connectivity index (χ1n) is 7.56. The number of aliphatic hydroxyl groups excluding tert-OH is 1. The minimum atomic E-state index is 0.0113. The Bertz CT molecular complexity index is 635. The van der Waals surface area contributed by atoms with Gasteiger partial charge in [0.25, 0.3) is 5.91 Å². The molecule has 0 aliphatic heterocycles. The molecule has 1 heterocycles. The zero-order chi connectivity index (χ0) is 14.7. The van der Waals surface area contributed by atoms with Gasteiger partial charge in [-0.1, -0.05) is 18.9 Å². The number of amides is 1. The van der Waals surface area contributed by atoms with Gasteiger partial charge < -0.3 is 10.0 Å². The molecule has 1 aromatic carbocycles. The summed E-state index contributed by atoms with van der Waals surface area (Å²) < 4.78 is 0. The number of hydrogen-bond acceptors (Lipinski definition) is 3. The highest BCUT2D eigenvalue weighted by Gasteiger charge is 2.27. The number of nitrogens with zero attached hydrogens (tertiary/aromatic N) is 2. The number of rotatable bonds is 4. The Kier molecular flexibility index (Phi) is 4.15. The van der Waals surface area contributed by atoms with Crippen LogP contribution in [0.4, 0.5) is 0 Å². The molecular formula is C17H20N2O2. The van der Waals surface area contributed by atoms with Crippen LogP contribution in [0.25, 0.3) is 10.9 Å². The molecule has 1 amide bonds. The van der Waals surface area contributed by atoms with Gasteiger partial charge in [-0.25, -0.2) is 0 Å². The van der Waals surface area contributed by atoms with E-state index in [1.807, 2.05) is 35.2 Å². The molecule has 1 aliphatic carbocycles. The number of pyridine rings is 1. The summed E-state index contributed by atoms with van der Waals surface area (Å²) >= 11 is 0. The maximum atomic E-state index is 12.8. The second-order valence-electron chi connectivity index (χ2n) is 5.57. The number of hydrogen-bond donors (Lipinski definition) is 1. The standard InChI is InChI=1S/C17H20N2O2/c20-11-10-19(15-5-1-2-6-15)17(21)14-7-8-16-13(12-14)4-3-9-18-16/h3-4,7-9,12,15,20H,1-2,5-6,10-11H2. The molecule has 0 saturated heterocycles. The van der Waals surface area contributed by atoms with Crippen molar-refractivity contribution in [2.45, 2.75) is 31.7 Å². The minimum Gasteiger partial charge on any atom is -0.395 e. The SMILES string of the molecule is O=C(c1ccc2ncccc2c1)N(CCO)C1CCCC1. The fourth-order valence-electron chi connectivity index (χ4n) is 3.15. The van der Waals surface area contributed by atoms with Gasteiger partial charge in [0.15, 0.2) is 0 Å². The molecule has 2 aromatic rings. The van der Waals surface area contributed by atoms with Gasteiger partial charge in [0.1, 0.15) is 0 Å². The van der Waals surface area contributed by atoms with E-state index in [4.69, 9.17) is 0 Å². The molecule has 3 rings (SSSR count). The summed E-state index contributed by atoms with van der Waals surface area (Å²) in [5.41, 5.74) is 1.57. The van der Waals surface area contributed by atoms with Gasteiger partial charge in [0, 0.05) is 29.7 Å². The Morgan fingerprint density at radius 3 is 2.86 bits per heavy atom. The Morgan fingerprint density at radius 2 is 2.10 bits per heavy atom. The largest absolute Gasteiger partial charge is 0.395 e. The number of fused-ring (bicyclic) bond motifs is 1. The maximum absolute atomic E-state index is 12.8. The van der Waals surface area contributed by atoms with Crippen molar-refractivity contribution in [1.82, 2.24) is 9.88 Å². The predicted octanol–water partition coefficient (Wildman–Crippen LogP) is 2.61. The summed E-state index contributed by atoms with van der Waals surface area (Å²) in [6, 6.07) is 9.72. The van der Waals surface area contributed by atoms with Crippen LogP contribution in [0.15, 0.2) is 36.5 Å².